The first kappa shape index (κ1) is 30.0. The van der Waals surface area contributed by atoms with Crippen LogP contribution in [0.25, 0.3) is 16.7 Å². The van der Waals surface area contributed by atoms with E-state index in [-0.39, 0.29) is 41.8 Å². The standard InChI is InChI=1S/C33H32N2O7SSi/c1-18(42-44(3,4)5)29-28-16-25(20-8-12-24-26(14-20)23-13-11-22(43-2)15-27(23)31(24)36)30(34(28)32(29)37)33(38)41-17-19-6-9-21(10-7-19)35(39)40/h6-15,18,28-29H,16-17H2,1-5H3/t18-,28-,29-/m1/s1. The molecule has 1 saturated heterocycles. The molecular weight excluding hydrogens is 597 g/mol. The third kappa shape index (κ3) is 5.18. The number of nitro benzene ring substituents is 1. The summed E-state index contributed by atoms with van der Waals surface area (Å²) >= 11 is 1.57. The van der Waals surface area contributed by atoms with E-state index in [1.165, 1.54) is 24.3 Å². The number of fused-ring (bicyclic) bond motifs is 4. The van der Waals surface area contributed by atoms with Gasteiger partial charge in [-0.1, -0.05) is 12.1 Å². The molecule has 226 valence electrons. The van der Waals surface area contributed by atoms with Gasteiger partial charge < -0.3 is 14.1 Å². The molecule has 1 amide bonds. The molecule has 0 unspecified atom stereocenters. The normalized spacial score (nSPS) is 19.3. The third-order valence-corrected chi connectivity index (χ3v) is 10.1. The minimum Gasteiger partial charge on any atom is -0.456 e. The Labute approximate surface area is 260 Å². The molecule has 44 heavy (non-hydrogen) atoms. The van der Waals surface area contributed by atoms with Crippen molar-refractivity contribution in [2.24, 2.45) is 5.92 Å². The highest BCUT2D eigenvalue weighted by molar-refractivity contribution is 7.98. The molecule has 0 radical (unpaired) electrons. The van der Waals surface area contributed by atoms with Crippen molar-refractivity contribution < 1.29 is 28.5 Å². The van der Waals surface area contributed by atoms with E-state index in [9.17, 15) is 24.5 Å². The van der Waals surface area contributed by atoms with Gasteiger partial charge in [-0.05, 0) is 103 Å². The van der Waals surface area contributed by atoms with Crippen LogP contribution in [-0.2, 0) is 25.4 Å². The molecule has 2 heterocycles. The predicted molar refractivity (Wildman–Crippen MR) is 170 cm³/mol. The fourth-order valence-electron chi connectivity index (χ4n) is 6.44. The van der Waals surface area contributed by atoms with Crippen LogP contribution in [-0.4, -0.2) is 54.2 Å². The van der Waals surface area contributed by atoms with E-state index in [1.807, 2.05) is 43.5 Å². The Balaban J connectivity index is 1.35. The molecule has 6 rings (SSSR count). The second-order valence-electron chi connectivity index (χ2n) is 12.3. The van der Waals surface area contributed by atoms with E-state index in [1.54, 1.807) is 22.7 Å². The minimum absolute atomic E-state index is 0.0306. The zero-order chi connectivity index (χ0) is 31.5. The Hall–Kier alpha value is -4.06. The van der Waals surface area contributed by atoms with Gasteiger partial charge in [0, 0.05) is 28.2 Å². The molecule has 1 aliphatic carbocycles. The Morgan fingerprint density at radius 1 is 1.02 bits per heavy atom. The van der Waals surface area contributed by atoms with Gasteiger partial charge in [0.25, 0.3) is 5.69 Å². The van der Waals surface area contributed by atoms with E-state index in [2.05, 4.69) is 19.6 Å². The van der Waals surface area contributed by atoms with Crippen LogP contribution in [0.5, 0.6) is 0 Å². The van der Waals surface area contributed by atoms with E-state index in [0.29, 0.717) is 28.7 Å². The molecule has 3 aromatic rings. The summed E-state index contributed by atoms with van der Waals surface area (Å²) in [5.74, 6) is -1.24. The Bertz CT molecular complexity index is 1760. The van der Waals surface area contributed by atoms with Crippen LogP contribution in [0.2, 0.25) is 19.6 Å². The summed E-state index contributed by atoms with van der Waals surface area (Å²) in [5.41, 5.74) is 5.07. The van der Waals surface area contributed by atoms with E-state index in [4.69, 9.17) is 9.16 Å². The van der Waals surface area contributed by atoms with Crippen LogP contribution in [0.4, 0.5) is 5.69 Å². The van der Waals surface area contributed by atoms with Crippen molar-refractivity contribution in [2.45, 2.75) is 56.6 Å². The van der Waals surface area contributed by atoms with Crippen molar-refractivity contribution in [1.82, 2.24) is 4.90 Å². The average Bonchev–Trinajstić information content (AvgIpc) is 3.47. The summed E-state index contributed by atoms with van der Waals surface area (Å²) in [7, 11) is -1.93. The number of non-ortho nitro benzene ring substituents is 1. The number of benzene rings is 3. The van der Waals surface area contributed by atoms with Gasteiger partial charge in [-0.15, -0.1) is 11.8 Å². The third-order valence-electron chi connectivity index (χ3n) is 8.34. The maximum Gasteiger partial charge on any atom is 0.355 e. The molecular formula is C33H32N2O7SSi. The van der Waals surface area contributed by atoms with Gasteiger partial charge in [0.2, 0.25) is 5.91 Å². The van der Waals surface area contributed by atoms with Crippen molar-refractivity contribution in [3.8, 4) is 11.1 Å². The number of β-lactam (4-membered cyclic amide) rings is 1. The highest BCUT2D eigenvalue weighted by Crippen LogP contribution is 2.49. The number of ketones is 1. The second-order valence-corrected chi connectivity index (χ2v) is 17.6. The summed E-state index contributed by atoms with van der Waals surface area (Å²) in [6.45, 7) is 8.05. The van der Waals surface area contributed by atoms with Crippen LogP contribution in [0.1, 0.15) is 40.4 Å². The second kappa shape index (κ2) is 11.1. The maximum atomic E-state index is 13.7. The van der Waals surface area contributed by atoms with Gasteiger partial charge in [0.05, 0.1) is 23.0 Å². The molecule has 3 aliphatic rings. The van der Waals surface area contributed by atoms with Crippen molar-refractivity contribution in [2.75, 3.05) is 6.26 Å². The van der Waals surface area contributed by atoms with Crippen molar-refractivity contribution in [1.29, 1.82) is 0 Å². The number of carbonyl (C=O) groups excluding carboxylic acids is 3. The number of carbonyl (C=O) groups is 3. The minimum atomic E-state index is -1.93. The van der Waals surface area contributed by atoms with E-state index < -0.39 is 25.1 Å². The van der Waals surface area contributed by atoms with Gasteiger partial charge >= 0.3 is 5.97 Å². The number of ether oxygens (including phenoxy) is 1. The topological polar surface area (TPSA) is 116 Å². The van der Waals surface area contributed by atoms with Gasteiger partial charge in [0.15, 0.2) is 14.1 Å². The SMILES string of the molecule is CSc1ccc2c(c1)C(=O)c1ccc(C3=C(C(=O)OCc4ccc([N+](=O)[O-])cc4)N4C(=O)[C@H]([C@@H](C)O[Si](C)(C)C)[C@H]4C3)cc1-2. The monoisotopic (exact) mass is 628 g/mol. The van der Waals surface area contributed by atoms with Gasteiger partial charge in [-0.25, -0.2) is 4.79 Å². The van der Waals surface area contributed by atoms with Crippen LogP contribution in [0.15, 0.2) is 71.3 Å². The molecule has 0 spiro atoms. The first-order valence-electron chi connectivity index (χ1n) is 14.4. The molecule has 3 aromatic carbocycles. The quantitative estimate of drug-likeness (QED) is 0.0518. The lowest BCUT2D eigenvalue weighted by Crippen LogP contribution is -2.63. The number of amides is 1. The van der Waals surface area contributed by atoms with Gasteiger partial charge in [0.1, 0.15) is 12.3 Å². The fourth-order valence-corrected chi connectivity index (χ4v) is 8.14. The largest absolute Gasteiger partial charge is 0.456 e. The van der Waals surface area contributed by atoms with Crippen LogP contribution in [0, 0.1) is 16.0 Å². The number of hydrogen-bond donors (Lipinski definition) is 0. The maximum absolute atomic E-state index is 13.7. The molecule has 0 saturated carbocycles. The lowest BCUT2D eigenvalue weighted by Gasteiger charge is -2.47. The fraction of sp³-hybridized carbons (Fsp3) is 0.303. The molecule has 11 heteroatoms. The number of thioether (sulfide) groups is 1. The number of hydrogen-bond acceptors (Lipinski definition) is 8. The number of rotatable bonds is 9. The average molecular weight is 629 g/mol. The first-order chi connectivity index (χ1) is 20.9. The molecule has 0 N–H and O–H groups in total. The summed E-state index contributed by atoms with van der Waals surface area (Å²) in [5, 5.41) is 11.0. The zero-order valence-corrected chi connectivity index (χ0v) is 26.9. The summed E-state index contributed by atoms with van der Waals surface area (Å²) in [6, 6.07) is 17.0. The molecule has 3 atom stereocenters. The van der Waals surface area contributed by atoms with Crippen LogP contribution < -0.4 is 0 Å². The van der Waals surface area contributed by atoms with Gasteiger partial charge in [-0.2, -0.15) is 0 Å². The zero-order valence-electron chi connectivity index (χ0n) is 25.1. The predicted octanol–water partition coefficient (Wildman–Crippen LogP) is 6.45. The molecule has 9 nitrogen and oxygen atoms in total. The Morgan fingerprint density at radius 3 is 2.39 bits per heavy atom. The molecule has 1 fully saturated rings. The molecule has 2 aliphatic heterocycles. The Morgan fingerprint density at radius 2 is 1.73 bits per heavy atom. The summed E-state index contributed by atoms with van der Waals surface area (Å²) in [6.07, 6.45) is 2.11. The highest BCUT2D eigenvalue weighted by Gasteiger charge is 2.58. The lowest BCUT2D eigenvalue weighted by atomic mass is 9.82. The van der Waals surface area contributed by atoms with E-state index >= 15 is 0 Å². The van der Waals surface area contributed by atoms with Crippen molar-refractivity contribution >= 4 is 49.0 Å². The number of nitrogens with zero attached hydrogens (tertiary/aromatic N) is 2. The lowest BCUT2D eigenvalue weighted by molar-refractivity contribution is -0.384. The smallest absolute Gasteiger partial charge is 0.355 e. The Kier molecular flexibility index (Phi) is 7.59. The van der Waals surface area contributed by atoms with E-state index in [0.717, 1.165) is 21.6 Å². The van der Waals surface area contributed by atoms with Gasteiger partial charge in [-0.3, -0.25) is 19.7 Å². The molecule has 0 bridgehead atoms. The van der Waals surface area contributed by atoms with Crippen LogP contribution in [0.3, 0.4) is 0 Å². The number of esters is 1. The highest BCUT2D eigenvalue weighted by atomic mass is 32.2. The number of nitro groups is 1. The molecule has 0 aromatic heterocycles. The summed E-state index contributed by atoms with van der Waals surface area (Å²) < 4.78 is 12.0. The summed E-state index contributed by atoms with van der Waals surface area (Å²) in [4.78, 5) is 53.6. The van der Waals surface area contributed by atoms with Crippen molar-refractivity contribution in [3.63, 3.8) is 0 Å². The van der Waals surface area contributed by atoms with Crippen molar-refractivity contribution in [3.05, 3.63) is 98.7 Å². The first-order valence-corrected chi connectivity index (χ1v) is 19.0. The van der Waals surface area contributed by atoms with Crippen LogP contribution >= 0.6 is 11.8 Å².